The third-order valence-electron chi connectivity index (χ3n) is 4.86. The van der Waals surface area contributed by atoms with Crippen molar-refractivity contribution in [1.82, 2.24) is 10.2 Å². The maximum Gasteiger partial charge on any atom is 0.0110 e. The molecule has 2 heteroatoms. The zero-order valence-electron chi connectivity index (χ0n) is 13.8. The molecule has 2 rings (SSSR count). The van der Waals surface area contributed by atoms with E-state index >= 15 is 0 Å². The number of nitrogens with one attached hydrogen (secondary N) is 1. The van der Waals surface area contributed by atoms with E-state index in [0.717, 1.165) is 12.1 Å². The minimum Gasteiger partial charge on any atom is -0.313 e. The van der Waals surface area contributed by atoms with Crippen LogP contribution in [0.5, 0.6) is 0 Å². The van der Waals surface area contributed by atoms with Crippen molar-refractivity contribution in [1.29, 1.82) is 0 Å². The lowest BCUT2D eigenvalue weighted by Gasteiger charge is -2.45. The van der Waals surface area contributed by atoms with Gasteiger partial charge in [-0.15, -0.1) is 0 Å². The Morgan fingerprint density at radius 3 is 2.11 bits per heavy atom. The van der Waals surface area contributed by atoms with Gasteiger partial charge in [0.05, 0.1) is 0 Å². The zero-order chi connectivity index (χ0) is 14.1. The first kappa shape index (κ1) is 15.3. The third-order valence-corrected chi connectivity index (χ3v) is 4.86. The Labute approximate surface area is 120 Å². The average molecular weight is 266 g/mol. The van der Waals surface area contributed by atoms with Crippen molar-refractivity contribution in [2.24, 2.45) is 10.8 Å². The van der Waals surface area contributed by atoms with E-state index in [1.54, 1.807) is 0 Å². The predicted molar refractivity (Wildman–Crippen MR) is 83.5 cm³/mol. The highest BCUT2D eigenvalue weighted by atomic mass is 15.2. The highest BCUT2D eigenvalue weighted by Gasteiger charge is 2.38. The fourth-order valence-corrected chi connectivity index (χ4v) is 4.44. The van der Waals surface area contributed by atoms with E-state index in [1.165, 1.54) is 51.7 Å². The summed E-state index contributed by atoms with van der Waals surface area (Å²) in [5.41, 5.74) is 1.00. The molecule has 0 heterocycles. The molecule has 112 valence electrons. The molecule has 0 spiro atoms. The number of hydrogen-bond donors (Lipinski definition) is 1. The van der Waals surface area contributed by atoms with Crippen LogP contribution in [0.4, 0.5) is 0 Å². The fraction of sp³-hybridized carbons (Fsp3) is 1.00. The summed E-state index contributed by atoms with van der Waals surface area (Å²) in [5, 5.41) is 3.84. The Morgan fingerprint density at radius 2 is 1.63 bits per heavy atom. The van der Waals surface area contributed by atoms with Crippen LogP contribution < -0.4 is 5.32 Å². The van der Waals surface area contributed by atoms with E-state index in [9.17, 15) is 0 Å². The maximum absolute atomic E-state index is 3.84. The largest absolute Gasteiger partial charge is 0.313 e. The fourth-order valence-electron chi connectivity index (χ4n) is 4.44. The Balaban J connectivity index is 1.75. The van der Waals surface area contributed by atoms with E-state index in [1.807, 2.05) is 0 Å². The molecular weight excluding hydrogens is 232 g/mol. The van der Waals surface area contributed by atoms with Crippen LogP contribution in [0.3, 0.4) is 0 Å². The molecule has 0 radical (unpaired) electrons. The summed E-state index contributed by atoms with van der Waals surface area (Å²) < 4.78 is 0. The van der Waals surface area contributed by atoms with Crippen LogP contribution in [-0.2, 0) is 0 Å². The molecule has 0 aliphatic heterocycles. The first-order chi connectivity index (χ1) is 8.81. The average Bonchev–Trinajstić information content (AvgIpc) is 3.03. The van der Waals surface area contributed by atoms with Gasteiger partial charge in [-0.2, -0.15) is 0 Å². The lowest BCUT2D eigenvalue weighted by atomic mass is 9.63. The summed E-state index contributed by atoms with van der Waals surface area (Å²) in [6.07, 6.45) is 6.90. The molecule has 0 amide bonds. The number of rotatable bonds is 6. The molecular formula is C17H34N2. The summed E-state index contributed by atoms with van der Waals surface area (Å²) in [4.78, 5) is 2.64. The second-order valence-corrected chi connectivity index (χ2v) is 8.42. The standard InChI is InChI=1S/C17H34N2/c1-6-19(15-7-8-15)10-9-18-14-11-16(2,3)13-17(4,5)12-14/h14-15,18H,6-13H2,1-5H3. The molecule has 2 saturated carbocycles. The molecule has 0 atom stereocenters. The van der Waals surface area contributed by atoms with E-state index < -0.39 is 0 Å². The van der Waals surface area contributed by atoms with Gasteiger partial charge >= 0.3 is 0 Å². The first-order valence-electron chi connectivity index (χ1n) is 8.29. The third kappa shape index (κ3) is 4.75. The van der Waals surface area contributed by atoms with Crippen molar-refractivity contribution < 1.29 is 0 Å². The smallest absolute Gasteiger partial charge is 0.0110 e. The van der Waals surface area contributed by atoms with Crippen LogP contribution in [0.2, 0.25) is 0 Å². The van der Waals surface area contributed by atoms with Crippen molar-refractivity contribution in [2.75, 3.05) is 19.6 Å². The van der Waals surface area contributed by atoms with Crippen molar-refractivity contribution in [3.8, 4) is 0 Å². The molecule has 2 fully saturated rings. The van der Waals surface area contributed by atoms with Gasteiger partial charge in [0.1, 0.15) is 0 Å². The lowest BCUT2D eigenvalue weighted by molar-refractivity contribution is 0.0837. The topological polar surface area (TPSA) is 15.3 Å². The minimum absolute atomic E-state index is 0.500. The van der Waals surface area contributed by atoms with Gasteiger partial charge in [-0.1, -0.05) is 34.6 Å². The van der Waals surface area contributed by atoms with Crippen LogP contribution in [0.1, 0.15) is 66.7 Å². The van der Waals surface area contributed by atoms with Crippen LogP contribution in [0.15, 0.2) is 0 Å². The minimum atomic E-state index is 0.500. The van der Waals surface area contributed by atoms with Gasteiger partial charge in [-0.3, -0.25) is 4.90 Å². The molecule has 0 saturated heterocycles. The van der Waals surface area contributed by atoms with Crippen molar-refractivity contribution >= 4 is 0 Å². The van der Waals surface area contributed by atoms with Crippen LogP contribution in [-0.4, -0.2) is 36.6 Å². The van der Waals surface area contributed by atoms with Gasteiger partial charge in [-0.05, 0) is 49.5 Å². The van der Waals surface area contributed by atoms with Gasteiger partial charge in [0.25, 0.3) is 0 Å². The molecule has 2 aliphatic rings. The Morgan fingerprint density at radius 1 is 1.05 bits per heavy atom. The van der Waals surface area contributed by atoms with Gasteiger partial charge in [-0.25, -0.2) is 0 Å². The highest BCUT2D eigenvalue weighted by molar-refractivity contribution is 4.92. The summed E-state index contributed by atoms with van der Waals surface area (Å²) in [6, 6.07) is 1.63. The quantitative estimate of drug-likeness (QED) is 0.789. The summed E-state index contributed by atoms with van der Waals surface area (Å²) in [5.74, 6) is 0. The lowest BCUT2D eigenvalue weighted by Crippen LogP contribution is -2.46. The predicted octanol–water partition coefficient (Wildman–Crippen LogP) is 3.67. The van der Waals surface area contributed by atoms with Crippen LogP contribution in [0.25, 0.3) is 0 Å². The Kier molecular flexibility index (Phi) is 4.62. The zero-order valence-corrected chi connectivity index (χ0v) is 13.8. The second-order valence-electron chi connectivity index (χ2n) is 8.42. The second kappa shape index (κ2) is 5.73. The van der Waals surface area contributed by atoms with Crippen LogP contribution >= 0.6 is 0 Å². The maximum atomic E-state index is 3.84. The summed E-state index contributed by atoms with van der Waals surface area (Å²) in [7, 11) is 0. The van der Waals surface area contributed by atoms with E-state index in [4.69, 9.17) is 0 Å². The van der Waals surface area contributed by atoms with Crippen LogP contribution in [0, 0.1) is 10.8 Å². The van der Waals surface area contributed by atoms with Gasteiger partial charge < -0.3 is 5.32 Å². The normalized spacial score (nSPS) is 26.8. The van der Waals surface area contributed by atoms with Crippen molar-refractivity contribution in [3.05, 3.63) is 0 Å². The van der Waals surface area contributed by atoms with Gasteiger partial charge in [0.2, 0.25) is 0 Å². The molecule has 2 nitrogen and oxygen atoms in total. The molecule has 0 aromatic carbocycles. The van der Waals surface area contributed by atoms with Gasteiger partial charge in [0, 0.05) is 25.2 Å². The monoisotopic (exact) mass is 266 g/mol. The number of hydrogen-bond acceptors (Lipinski definition) is 2. The molecule has 0 aromatic heterocycles. The van der Waals surface area contributed by atoms with Gasteiger partial charge in [0.15, 0.2) is 0 Å². The number of likely N-dealkylation sites (N-methyl/N-ethyl adjacent to an activating group) is 1. The SMILES string of the molecule is CCN(CCNC1CC(C)(C)CC(C)(C)C1)C1CC1. The van der Waals surface area contributed by atoms with E-state index in [0.29, 0.717) is 10.8 Å². The summed E-state index contributed by atoms with van der Waals surface area (Å²) >= 11 is 0. The first-order valence-corrected chi connectivity index (χ1v) is 8.29. The molecule has 2 aliphatic carbocycles. The molecule has 19 heavy (non-hydrogen) atoms. The molecule has 1 N–H and O–H groups in total. The molecule has 0 bridgehead atoms. The van der Waals surface area contributed by atoms with Crippen molar-refractivity contribution in [3.63, 3.8) is 0 Å². The molecule has 0 unspecified atom stereocenters. The Hall–Kier alpha value is -0.0800. The molecule has 0 aromatic rings. The summed E-state index contributed by atoms with van der Waals surface area (Å²) in [6.45, 7) is 15.7. The highest BCUT2D eigenvalue weighted by Crippen LogP contribution is 2.45. The van der Waals surface area contributed by atoms with E-state index in [-0.39, 0.29) is 0 Å². The Bertz CT molecular complexity index is 276. The van der Waals surface area contributed by atoms with E-state index in [2.05, 4.69) is 44.8 Å². The van der Waals surface area contributed by atoms with Crippen molar-refractivity contribution in [2.45, 2.75) is 78.8 Å². The number of nitrogens with zero attached hydrogens (tertiary/aromatic N) is 1.